The second kappa shape index (κ2) is 5.14. The number of nitrogens with zero attached hydrogens (tertiary/aromatic N) is 4. The van der Waals surface area contributed by atoms with E-state index < -0.39 is 0 Å². The van der Waals surface area contributed by atoms with Gasteiger partial charge < -0.3 is 10.5 Å². The van der Waals surface area contributed by atoms with Crippen LogP contribution < -0.4 is 10.5 Å². The third-order valence-electron chi connectivity index (χ3n) is 2.74. The van der Waals surface area contributed by atoms with Gasteiger partial charge in [0.15, 0.2) is 5.82 Å². The van der Waals surface area contributed by atoms with Gasteiger partial charge in [0.25, 0.3) is 0 Å². The van der Waals surface area contributed by atoms with Gasteiger partial charge in [0.1, 0.15) is 5.75 Å². The van der Waals surface area contributed by atoms with Crippen LogP contribution in [0.5, 0.6) is 5.75 Å². The van der Waals surface area contributed by atoms with Crippen molar-refractivity contribution >= 4 is 0 Å². The van der Waals surface area contributed by atoms with Crippen molar-refractivity contribution in [2.45, 2.75) is 19.4 Å². The molecule has 2 aromatic rings. The Labute approximate surface area is 106 Å². The molecule has 6 heteroatoms. The van der Waals surface area contributed by atoms with E-state index in [9.17, 15) is 0 Å². The second-order valence-corrected chi connectivity index (χ2v) is 4.25. The van der Waals surface area contributed by atoms with E-state index in [2.05, 4.69) is 15.4 Å². The summed E-state index contributed by atoms with van der Waals surface area (Å²) in [6.07, 6.45) is 0.535. The van der Waals surface area contributed by atoms with Crippen molar-refractivity contribution in [3.05, 3.63) is 35.2 Å². The normalized spacial score (nSPS) is 12.4. The van der Waals surface area contributed by atoms with Crippen molar-refractivity contribution in [3.63, 3.8) is 0 Å². The summed E-state index contributed by atoms with van der Waals surface area (Å²) >= 11 is 0. The van der Waals surface area contributed by atoms with Gasteiger partial charge in [-0.1, -0.05) is 17.7 Å². The maximum atomic E-state index is 6.18. The Morgan fingerprint density at radius 2 is 2.22 bits per heavy atom. The molecular weight excluding hydrogens is 230 g/mol. The molecule has 2 N–H and O–H groups in total. The smallest absolute Gasteiger partial charge is 0.176 e. The summed E-state index contributed by atoms with van der Waals surface area (Å²) in [6.45, 7) is 2.02. The zero-order chi connectivity index (χ0) is 13.1. The maximum absolute atomic E-state index is 6.18. The molecule has 0 spiro atoms. The minimum Gasteiger partial charge on any atom is -0.496 e. The van der Waals surface area contributed by atoms with Crippen molar-refractivity contribution < 1.29 is 4.74 Å². The van der Waals surface area contributed by atoms with Crippen LogP contribution in [0, 0.1) is 6.92 Å². The van der Waals surface area contributed by atoms with Crippen LogP contribution in [0.2, 0.25) is 0 Å². The molecule has 1 aromatic heterocycles. The second-order valence-electron chi connectivity index (χ2n) is 4.25. The van der Waals surface area contributed by atoms with Gasteiger partial charge in [0.05, 0.1) is 14.2 Å². The van der Waals surface area contributed by atoms with Gasteiger partial charge in [-0.3, -0.25) is 0 Å². The lowest BCUT2D eigenvalue weighted by molar-refractivity contribution is 0.405. The molecule has 0 aliphatic carbocycles. The van der Waals surface area contributed by atoms with Crippen LogP contribution >= 0.6 is 0 Å². The van der Waals surface area contributed by atoms with Crippen molar-refractivity contribution in [2.75, 3.05) is 7.11 Å². The third kappa shape index (κ3) is 2.65. The molecule has 0 bridgehead atoms. The molecule has 0 radical (unpaired) electrons. The predicted octanol–water partition coefficient (Wildman–Crippen LogP) is 0.770. The Balaban J connectivity index is 2.22. The monoisotopic (exact) mass is 247 g/mol. The Kier molecular flexibility index (Phi) is 3.57. The van der Waals surface area contributed by atoms with Gasteiger partial charge in [-0.15, -0.1) is 10.2 Å². The van der Waals surface area contributed by atoms with E-state index in [0.717, 1.165) is 16.9 Å². The van der Waals surface area contributed by atoms with Gasteiger partial charge in [0.2, 0.25) is 0 Å². The maximum Gasteiger partial charge on any atom is 0.176 e. The Morgan fingerprint density at radius 1 is 1.44 bits per heavy atom. The summed E-state index contributed by atoms with van der Waals surface area (Å²) < 4.78 is 5.32. The SMILES string of the molecule is COc1ccc(C)cc1C(N)Cc1nnn(C)n1. The van der Waals surface area contributed by atoms with Gasteiger partial charge in [0, 0.05) is 18.0 Å². The number of nitrogens with two attached hydrogens (primary N) is 1. The molecule has 0 aliphatic rings. The van der Waals surface area contributed by atoms with E-state index in [1.165, 1.54) is 4.80 Å². The van der Waals surface area contributed by atoms with E-state index in [4.69, 9.17) is 10.5 Å². The highest BCUT2D eigenvalue weighted by molar-refractivity contribution is 5.39. The van der Waals surface area contributed by atoms with E-state index in [1.807, 2.05) is 25.1 Å². The number of ether oxygens (including phenoxy) is 1. The number of hydrogen-bond acceptors (Lipinski definition) is 5. The number of methoxy groups -OCH3 is 1. The minimum atomic E-state index is -0.205. The van der Waals surface area contributed by atoms with Gasteiger partial charge in [-0.25, -0.2) is 0 Å². The lowest BCUT2D eigenvalue weighted by Gasteiger charge is -2.14. The fourth-order valence-electron chi connectivity index (χ4n) is 1.86. The molecule has 1 aromatic carbocycles. The summed E-state index contributed by atoms with van der Waals surface area (Å²) in [4.78, 5) is 1.43. The summed E-state index contributed by atoms with van der Waals surface area (Å²) in [6, 6.07) is 5.74. The first-order chi connectivity index (χ1) is 8.60. The molecule has 18 heavy (non-hydrogen) atoms. The Hall–Kier alpha value is -1.95. The fourth-order valence-corrected chi connectivity index (χ4v) is 1.86. The molecule has 0 aliphatic heterocycles. The number of benzene rings is 1. The number of tetrazole rings is 1. The summed E-state index contributed by atoms with van der Waals surface area (Å²) in [5.41, 5.74) is 8.29. The molecule has 0 amide bonds. The highest BCUT2D eigenvalue weighted by atomic mass is 16.5. The van der Waals surface area contributed by atoms with Crippen molar-refractivity contribution in [3.8, 4) is 5.75 Å². The zero-order valence-electron chi connectivity index (χ0n) is 10.8. The van der Waals surface area contributed by atoms with Crippen LogP contribution in [0.3, 0.4) is 0 Å². The van der Waals surface area contributed by atoms with Crippen LogP contribution in [-0.4, -0.2) is 27.3 Å². The molecule has 0 saturated carbocycles. The van der Waals surface area contributed by atoms with Crippen molar-refractivity contribution in [2.24, 2.45) is 12.8 Å². The number of aromatic nitrogens is 4. The molecule has 0 saturated heterocycles. The van der Waals surface area contributed by atoms with E-state index in [-0.39, 0.29) is 6.04 Å². The topological polar surface area (TPSA) is 78.9 Å². The zero-order valence-corrected chi connectivity index (χ0v) is 10.8. The minimum absolute atomic E-state index is 0.205. The largest absolute Gasteiger partial charge is 0.496 e. The average Bonchev–Trinajstić information content (AvgIpc) is 2.74. The highest BCUT2D eigenvalue weighted by Gasteiger charge is 2.15. The third-order valence-corrected chi connectivity index (χ3v) is 2.74. The summed E-state index contributed by atoms with van der Waals surface area (Å²) in [5, 5.41) is 11.9. The molecule has 0 fully saturated rings. The van der Waals surface area contributed by atoms with Gasteiger partial charge in [-0.2, -0.15) is 4.80 Å². The van der Waals surface area contributed by atoms with Crippen LogP contribution in [0.4, 0.5) is 0 Å². The number of hydrogen-bond donors (Lipinski definition) is 1. The van der Waals surface area contributed by atoms with Crippen molar-refractivity contribution in [1.29, 1.82) is 0 Å². The molecule has 1 atom stereocenters. The van der Waals surface area contributed by atoms with Crippen LogP contribution in [-0.2, 0) is 13.5 Å². The van der Waals surface area contributed by atoms with Gasteiger partial charge in [-0.05, 0) is 18.2 Å². The summed E-state index contributed by atoms with van der Waals surface area (Å²) in [7, 11) is 3.37. The lowest BCUT2D eigenvalue weighted by atomic mass is 10.0. The van der Waals surface area contributed by atoms with E-state index >= 15 is 0 Å². The first-order valence-electron chi connectivity index (χ1n) is 5.73. The number of aryl methyl sites for hydroxylation is 2. The van der Waals surface area contributed by atoms with Crippen LogP contribution in [0.25, 0.3) is 0 Å². The fraction of sp³-hybridized carbons (Fsp3) is 0.417. The van der Waals surface area contributed by atoms with Gasteiger partial charge >= 0.3 is 0 Å². The molecule has 6 nitrogen and oxygen atoms in total. The lowest BCUT2D eigenvalue weighted by Crippen LogP contribution is -2.15. The molecule has 1 unspecified atom stereocenters. The first kappa shape index (κ1) is 12.5. The Morgan fingerprint density at radius 3 is 2.83 bits per heavy atom. The quantitative estimate of drug-likeness (QED) is 0.863. The van der Waals surface area contributed by atoms with E-state index in [1.54, 1.807) is 14.2 Å². The molecule has 2 rings (SSSR count). The Bertz CT molecular complexity index is 537. The molecular formula is C12H17N5O. The van der Waals surface area contributed by atoms with Crippen LogP contribution in [0.1, 0.15) is 23.0 Å². The number of rotatable bonds is 4. The van der Waals surface area contributed by atoms with Crippen molar-refractivity contribution in [1.82, 2.24) is 20.2 Å². The van der Waals surface area contributed by atoms with E-state index in [0.29, 0.717) is 12.2 Å². The first-order valence-corrected chi connectivity index (χ1v) is 5.73. The highest BCUT2D eigenvalue weighted by Crippen LogP contribution is 2.26. The standard InChI is InChI=1S/C12H17N5O/c1-8-4-5-11(18-3)9(6-8)10(13)7-12-14-16-17(2)15-12/h4-6,10H,7,13H2,1-3H3. The average molecular weight is 247 g/mol. The predicted molar refractivity (Wildman–Crippen MR) is 67.2 cm³/mol. The molecule has 96 valence electrons. The van der Waals surface area contributed by atoms with Crippen LogP contribution in [0.15, 0.2) is 18.2 Å². The summed E-state index contributed by atoms with van der Waals surface area (Å²) in [5.74, 6) is 1.42. The molecule has 1 heterocycles.